The van der Waals surface area contributed by atoms with E-state index in [1.165, 1.54) is 10.6 Å². The molecule has 3 aromatic heterocycles. The van der Waals surface area contributed by atoms with Gasteiger partial charge in [-0.1, -0.05) is 6.07 Å². The number of amides is 1. The molecule has 0 spiro atoms. The van der Waals surface area contributed by atoms with Gasteiger partial charge in [-0.3, -0.25) is 18.7 Å². The van der Waals surface area contributed by atoms with E-state index >= 15 is 0 Å². The van der Waals surface area contributed by atoms with Crippen LogP contribution in [0.4, 0.5) is 0 Å². The molecule has 1 saturated heterocycles. The van der Waals surface area contributed by atoms with E-state index in [1.54, 1.807) is 29.3 Å². The predicted octanol–water partition coefficient (Wildman–Crippen LogP) is 1.20. The summed E-state index contributed by atoms with van der Waals surface area (Å²) in [4.78, 5) is 30.9. The first-order valence-electron chi connectivity index (χ1n) is 7.83. The Hall–Kier alpha value is -2.96. The lowest BCUT2D eigenvalue weighted by Gasteiger charge is -2.39. The van der Waals surface area contributed by atoms with Crippen molar-refractivity contribution in [2.75, 3.05) is 13.1 Å². The molecule has 1 aliphatic rings. The summed E-state index contributed by atoms with van der Waals surface area (Å²) < 4.78 is 3.34. The lowest BCUT2D eigenvalue weighted by Crippen LogP contribution is -2.52. The van der Waals surface area contributed by atoms with E-state index in [2.05, 4.69) is 10.1 Å². The molecule has 24 heavy (non-hydrogen) atoms. The van der Waals surface area contributed by atoms with Gasteiger partial charge in [0.1, 0.15) is 11.2 Å². The third-order valence-corrected chi connectivity index (χ3v) is 4.38. The first-order valence-corrected chi connectivity index (χ1v) is 7.83. The van der Waals surface area contributed by atoms with Crippen molar-refractivity contribution in [3.63, 3.8) is 0 Å². The number of fused-ring (bicyclic) bond motifs is 1. The Labute approximate surface area is 138 Å². The van der Waals surface area contributed by atoms with E-state index in [4.69, 9.17) is 0 Å². The van der Waals surface area contributed by atoms with Crippen LogP contribution in [0.25, 0.3) is 5.65 Å². The Balaban J connectivity index is 1.57. The van der Waals surface area contributed by atoms with Crippen LogP contribution in [0.15, 0.2) is 41.5 Å². The van der Waals surface area contributed by atoms with Crippen LogP contribution in [0.3, 0.4) is 0 Å². The maximum absolute atomic E-state index is 12.6. The van der Waals surface area contributed by atoms with Crippen LogP contribution >= 0.6 is 0 Å². The average Bonchev–Trinajstić information content (AvgIpc) is 2.85. The highest BCUT2D eigenvalue weighted by Crippen LogP contribution is 2.23. The van der Waals surface area contributed by atoms with E-state index < -0.39 is 0 Å². The molecule has 0 N–H and O–H groups in total. The molecule has 0 aromatic carbocycles. The first-order chi connectivity index (χ1) is 11.5. The molecule has 1 amide bonds. The smallest absolute Gasteiger partial charge is 0.270 e. The van der Waals surface area contributed by atoms with Gasteiger partial charge in [0.25, 0.3) is 11.5 Å². The number of hydrogen-bond donors (Lipinski definition) is 0. The standard InChI is InChI=1S/C17H17N5O2/c1-11-7-12(2)22(19-11)13-9-20(10-13)16(23)14-8-18-15-5-3-4-6-21(15)17(14)24/h3-8,13H,9-10H2,1-2H3. The van der Waals surface area contributed by atoms with E-state index in [0.717, 1.165) is 11.4 Å². The van der Waals surface area contributed by atoms with Crippen molar-refractivity contribution >= 4 is 11.6 Å². The highest BCUT2D eigenvalue weighted by atomic mass is 16.2. The molecule has 1 aliphatic heterocycles. The predicted molar refractivity (Wildman–Crippen MR) is 88.1 cm³/mol. The Morgan fingerprint density at radius 1 is 1.25 bits per heavy atom. The maximum atomic E-state index is 12.6. The molecule has 0 saturated carbocycles. The second-order valence-electron chi connectivity index (χ2n) is 6.14. The molecule has 0 atom stereocenters. The van der Waals surface area contributed by atoms with Crippen molar-refractivity contribution in [2.24, 2.45) is 0 Å². The molecule has 0 aliphatic carbocycles. The van der Waals surface area contributed by atoms with Crippen molar-refractivity contribution in [3.8, 4) is 0 Å². The topological polar surface area (TPSA) is 72.5 Å². The number of nitrogens with zero attached hydrogens (tertiary/aromatic N) is 5. The molecule has 0 unspecified atom stereocenters. The maximum Gasteiger partial charge on any atom is 0.270 e. The minimum Gasteiger partial charge on any atom is -0.334 e. The molecule has 7 nitrogen and oxygen atoms in total. The fourth-order valence-electron chi connectivity index (χ4n) is 3.14. The third-order valence-electron chi connectivity index (χ3n) is 4.38. The number of rotatable bonds is 2. The van der Waals surface area contributed by atoms with Gasteiger partial charge in [0.15, 0.2) is 0 Å². The van der Waals surface area contributed by atoms with Gasteiger partial charge >= 0.3 is 0 Å². The lowest BCUT2D eigenvalue weighted by atomic mass is 10.1. The number of aryl methyl sites for hydroxylation is 2. The second kappa shape index (κ2) is 5.30. The van der Waals surface area contributed by atoms with Crippen molar-refractivity contribution in [2.45, 2.75) is 19.9 Å². The molecule has 4 heterocycles. The molecule has 122 valence electrons. The lowest BCUT2D eigenvalue weighted by molar-refractivity contribution is 0.0495. The van der Waals surface area contributed by atoms with Gasteiger partial charge in [-0.2, -0.15) is 5.10 Å². The number of hydrogen-bond acceptors (Lipinski definition) is 4. The van der Waals surface area contributed by atoms with Crippen molar-refractivity contribution < 1.29 is 4.79 Å². The molecular weight excluding hydrogens is 306 g/mol. The van der Waals surface area contributed by atoms with Gasteiger partial charge in [-0.05, 0) is 32.0 Å². The third kappa shape index (κ3) is 2.20. The monoisotopic (exact) mass is 323 g/mol. The minimum absolute atomic E-state index is 0.102. The van der Waals surface area contributed by atoms with Crippen LogP contribution in [0.1, 0.15) is 27.8 Å². The second-order valence-corrected chi connectivity index (χ2v) is 6.14. The Morgan fingerprint density at radius 3 is 2.75 bits per heavy atom. The van der Waals surface area contributed by atoms with Gasteiger partial charge in [-0.25, -0.2) is 4.98 Å². The van der Waals surface area contributed by atoms with Gasteiger partial charge in [0.2, 0.25) is 0 Å². The number of carbonyl (C=O) groups is 1. The summed E-state index contributed by atoms with van der Waals surface area (Å²) >= 11 is 0. The summed E-state index contributed by atoms with van der Waals surface area (Å²) in [6.07, 6.45) is 2.99. The Kier molecular flexibility index (Phi) is 3.23. The molecule has 3 aromatic rings. The van der Waals surface area contributed by atoms with E-state index in [0.29, 0.717) is 18.7 Å². The van der Waals surface area contributed by atoms with Crippen molar-refractivity contribution in [3.05, 3.63) is 64.0 Å². The number of carbonyl (C=O) groups excluding carboxylic acids is 1. The van der Waals surface area contributed by atoms with Crippen LogP contribution in [0.2, 0.25) is 0 Å². The van der Waals surface area contributed by atoms with Gasteiger partial charge < -0.3 is 4.90 Å². The number of likely N-dealkylation sites (tertiary alicyclic amines) is 1. The first kappa shape index (κ1) is 14.6. The van der Waals surface area contributed by atoms with Crippen molar-refractivity contribution in [1.29, 1.82) is 0 Å². The van der Waals surface area contributed by atoms with Crippen LogP contribution in [-0.4, -0.2) is 43.1 Å². The zero-order valence-electron chi connectivity index (χ0n) is 13.5. The summed E-state index contributed by atoms with van der Waals surface area (Å²) in [5, 5.41) is 4.46. The van der Waals surface area contributed by atoms with Crippen molar-refractivity contribution in [1.82, 2.24) is 24.1 Å². The highest BCUT2D eigenvalue weighted by Gasteiger charge is 2.34. The largest absolute Gasteiger partial charge is 0.334 e. The van der Waals surface area contributed by atoms with Crippen LogP contribution < -0.4 is 5.56 Å². The van der Waals surface area contributed by atoms with E-state index in [-0.39, 0.29) is 23.1 Å². The minimum atomic E-state index is -0.333. The number of pyridine rings is 1. The normalized spacial score (nSPS) is 14.8. The van der Waals surface area contributed by atoms with Crippen LogP contribution in [0, 0.1) is 13.8 Å². The van der Waals surface area contributed by atoms with E-state index in [9.17, 15) is 9.59 Å². The Bertz CT molecular complexity index is 998. The summed E-state index contributed by atoms with van der Waals surface area (Å²) in [5.74, 6) is -0.275. The molecule has 7 heteroatoms. The zero-order valence-corrected chi connectivity index (χ0v) is 13.5. The summed E-state index contributed by atoms with van der Waals surface area (Å²) in [7, 11) is 0. The summed E-state index contributed by atoms with van der Waals surface area (Å²) in [6.45, 7) is 5.06. The highest BCUT2D eigenvalue weighted by molar-refractivity contribution is 5.94. The fourth-order valence-corrected chi connectivity index (χ4v) is 3.14. The SMILES string of the molecule is Cc1cc(C)n(C2CN(C(=O)c3cnc4ccccn4c3=O)C2)n1. The van der Waals surface area contributed by atoms with Gasteiger partial charge in [-0.15, -0.1) is 0 Å². The molecule has 4 rings (SSSR count). The quantitative estimate of drug-likeness (QED) is 0.710. The summed E-state index contributed by atoms with van der Waals surface area (Å²) in [5.41, 5.74) is 2.35. The fraction of sp³-hybridized carbons (Fsp3) is 0.294. The Morgan fingerprint density at radius 2 is 2.04 bits per heavy atom. The molecule has 0 bridgehead atoms. The zero-order chi connectivity index (χ0) is 16.8. The van der Waals surface area contributed by atoms with Gasteiger partial charge in [0.05, 0.1) is 11.7 Å². The van der Waals surface area contributed by atoms with Crippen LogP contribution in [-0.2, 0) is 0 Å². The summed E-state index contributed by atoms with van der Waals surface area (Å²) in [6, 6.07) is 7.46. The van der Waals surface area contributed by atoms with Gasteiger partial charge in [0, 0.05) is 31.2 Å². The van der Waals surface area contributed by atoms with Crippen LogP contribution in [0.5, 0.6) is 0 Å². The number of aromatic nitrogens is 4. The van der Waals surface area contributed by atoms with E-state index in [1.807, 2.05) is 24.6 Å². The molecule has 1 fully saturated rings. The molecule has 0 radical (unpaired) electrons. The molecular formula is C17H17N5O2. The average molecular weight is 323 g/mol.